The second-order valence-electron chi connectivity index (χ2n) is 6.18. The molecule has 1 heterocycles. The van der Waals surface area contributed by atoms with E-state index in [9.17, 15) is 9.59 Å². The molecule has 0 bridgehead atoms. The van der Waals surface area contributed by atoms with Crippen molar-refractivity contribution in [2.75, 3.05) is 19.7 Å². The summed E-state index contributed by atoms with van der Waals surface area (Å²) < 4.78 is 6.10. The Bertz CT molecular complexity index is 555. The molecule has 1 fully saturated rings. The van der Waals surface area contributed by atoms with Gasteiger partial charge in [-0.15, -0.1) is 0 Å². The molecule has 0 atom stereocenters. The number of hydrogen-bond donors (Lipinski definition) is 1. The number of piperidine rings is 1. The van der Waals surface area contributed by atoms with Crippen molar-refractivity contribution in [3.8, 4) is 0 Å². The molecule has 2 rings (SSSR count). The van der Waals surface area contributed by atoms with Gasteiger partial charge in [-0.1, -0.05) is 26.0 Å². The summed E-state index contributed by atoms with van der Waals surface area (Å²) >= 11 is 2.19. The van der Waals surface area contributed by atoms with E-state index in [1.165, 1.54) is 0 Å². The Hall–Kier alpha value is -1.31. The maximum atomic E-state index is 12.5. The zero-order valence-electron chi connectivity index (χ0n) is 13.5. The number of benzene rings is 1. The number of likely N-dealkylation sites (tertiary alicyclic amines) is 1. The van der Waals surface area contributed by atoms with Crippen molar-refractivity contribution in [2.45, 2.75) is 32.7 Å². The fraction of sp³-hybridized carbons (Fsp3) is 0.529. The first-order valence-electron chi connectivity index (χ1n) is 7.94. The quantitative estimate of drug-likeness (QED) is 0.747. The van der Waals surface area contributed by atoms with Crippen LogP contribution < -0.4 is 5.32 Å². The molecule has 2 amide bonds. The average Bonchev–Trinajstić information content (AvgIpc) is 2.53. The zero-order valence-corrected chi connectivity index (χ0v) is 15.7. The van der Waals surface area contributed by atoms with Crippen molar-refractivity contribution in [1.82, 2.24) is 10.2 Å². The van der Waals surface area contributed by atoms with Crippen LogP contribution in [-0.2, 0) is 4.74 Å². The second kappa shape index (κ2) is 8.52. The third kappa shape index (κ3) is 5.37. The van der Waals surface area contributed by atoms with Crippen LogP contribution >= 0.6 is 22.6 Å². The minimum Gasteiger partial charge on any atom is -0.449 e. The number of carbonyl (C=O) groups excluding carboxylic acids is 2. The molecule has 126 valence electrons. The van der Waals surface area contributed by atoms with E-state index in [0.29, 0.717) is 25.6 Å². The number of rotatable bonds is 4. The van der Waals surface area contributed by atoms with Crippen LogP contribution in [-0.4, -0.2) is 42.6 Å². The van der Waals surface area contributed by atoms with Crippen LogP contribution in [0.2, 0.25) is 0 Å². The minimum atomic E-state index is -0.360. The third-order valence-corrected chi connectivity index (χ3v) is 4.70. The van der Waals surface area contributed by atoms with Crippen molar-refractivity contribution >= 4 is 34.6 Å². The molecular weight excluding hydrogens is 407 g/mol. The summed E-state index contributed by atoms with van der Waals surface area (Å²) in [5.41, 5.74) is 0.746. The molecule has 6 heteroatoms. The minimum absolute atomic E-state index is 0.0656. The van der Waals surface area contributed by atoms with E-state index in [1.807, 2.05) is 43.0 Å². The number of alkyl carbamates (subject to hydrolysis) is 1. The molecule has 1 aliphatic heterocycles. The van der Waals surface area contributed by atoms with Crippen molar-refractivity contribution in [3.05, 3.63) is 33.4 Å². The first-order chi connectivity index (χ1) is 11.0. The van der Waals surface area contributed by atoms with Gasteiger partial charge >= 0.3 is 6.09 Å². The summed E-state index contributed by atoms with van der Waals surface area (Å²) in [5, 5.41) is 2.88. The Morgan fingerprint density at radius 3 is 2.57 bits per heavy atom. The van der Waals surface area contributed by atoms with Gasteiger partial charge in [0.2, 0.25) is 0 Å². The van der Waals surface area contributed by atoms with E-state index in [1.54, 1.807) is 0 Å². The molecule has 0 saturated carbocycles. The van der Waals surface area contributed by atoms with Crippen molar-refractivity contribution in [3.63, 3.8) is 0 Å². The third-order valence-electron chi connectivity index (χ3n) is 3.76. The molecule has 0 spiro atoms. The largest absolute Gasteiger partial charge is 0.449 e. The lowest BCUT2D eigenvalue weighted by Gasteiger charge is -2.32. The smallest absolute Gasteiger partial charge is 0.407 e. The lowest BCUT2D eigenvalue weighted by Crippen LogP contribution is -2.46. The average molecular weight is 430 g/mol. The standard InChI is InChI=1S/C17H23IN2O3/c1-12(2)11-23-17(22)19-13-7-9-20(10-8-13)16(21)14-5-3-4-6-15(14)18/h3-6,12-13H,7-11H2,1-2H3,(H,19,22). The van der Waals surface area contributed by atoms with Crippen LogP contribution in [0.3, 0.4) is 0 Å². The van der Waals surface area contributed by atoms with Gasteiger partial charge in [0.25, 0.3) is 5.91 Å². The monoisotopic (exact) mass is 430 g/mol. The summed E-state index contributed by atoms with van der Waals surface area (Å²) in [5.74, 6) is 0.393. The number of nitrogens with one attached hydrogen (secondary N) is 1. The summed E-state index contributed by atoms with van der Waals surface area (Å²) in [6.07, 6.45) is 1.15. The molecule has 0 aliphatic carbocycles. The van der Waals surface area contributed by atoms with Crippen LogP contribution in [0, 0.1) is 9.49 Å². The Morgan fingerprint density at radius 2 is 1.96 bits per heavy atom. The van der Waals surface area contributed by atoms with Crippen LogP contribution in [0.25, 0.3) is 0 Å². The van der Waals surface area contributed by atoms with Crippen LogP contribution in [0.1, 0.15) is 37.0 Å². The van der Waals surface area contributed by atoms with E-state index in [4.69, 9.17) is 4.74 Å². The van der Waals surface area contributed by atoms with Gasteiger partial charge in [-0.2, -0.15) is 0 Å². The molecule has 1 N–H and O–H groups in total. The van der Waals surface area contributed by atoms with Gasteiger partial charge in [-0.3, -0.25) is 4.79 Å². The van der Waals surface area contributed by atoms with Crippen molar-refractivity contribution in [2.24, 2.45) is 5.92 Å². The number of halogens is 1. The molecule has 0 unspecified atom stereocenters. The lowest BCUT2D eigenvalue weighted by atomic mass is 10.0. The van der Waals surface area contributed by atoms with E-state index in [2.05, 4.69) is 27.9 Å². The molecule has 1 aromatic carbocycles. The number of amides is 2. The second-order valence-corrected chi connectivity index (χ2v) is 7.35. The first kappa shape index (κ1) is 18.0. The summed E-state index contributed by atoms with van der Waals surface area (Å²) in [7, 11) is 0. The molecule has 1 aromatic rings. The lowest BCUT2D eigenvalue weighted by molar-refractivity contribution is 0.0699. The number of ether oxygens (including phenoxy) is 1. The summed E-state index contributed by atoms with van der Waals surface area (Å²) in [4.78, 5) is 26.1. The van der Waals surface area contributed by atoms with Gasteiger partial charge in [0.05, 0.1) is 12.2 Å². The van der Waals surface area contributed by atoms with Gasteiger partial charge in [-0.05, 0) is 53.5 Å². The van der Waals surface area contributed by atoms with Gasteiger partial charge < -0.3 is 15.0 Å². The Labute approximate surface area is 150 Å². The maximum Gasteiger partial charge on any atom is 0.407 e. The molecule has 1 aliphatic rings. The number of hydrogen-bond acceptors (Lipinski definition) is 3. The number of nitrogens with zero attached hydrogens (tertiary/aromatic N) is 1. The van der Waals surface area contributed by atoms with E-state index in [-0.39, 0.29) is 18.0 Å². The fourth-order valence-corrected chi connectivity index (χ4v) is 3.10. The van der Waals surface area contributed by atoms with E-state index in [0.717, 1.165) is 22.0 Å². The fourth-order valence-electron chi connectivity index (χ4n) is 2.48. The van der Waals surface area contributed by atoms with Crippen molar-refractivity contribution < 1.29 is 14.3 Å². The topological polar surface area (TPSA) is 58.6 Å². The molecule has 1 saturated heterocycles. The summed E-state index contributed by atoms with van der Waals surface area (Å²) in [6.45, 7) is 5.73. The zero-order chi connectivity index (χ0) is 16.8. The molecule has 0 radical (unpaired) electrons. The Morgan fingerprint density at radius 1 is 1.30 bits per heavy atom. The molecule has 23 heavy (non-hydrogen) atoms. The molecular formula is C17H23IN2O3. The molecule has 5 nitrogen and oxygen atoms in total. The predicted molar refractivity (Wildman–Crippen MR) is 97.4 cm³/mol. The number of carbonyl (C=O) groups is 2. The van der Waals surface area contributed by atoms with E-state index >= 15 is 0 Å². The first-order valence-corrected chi connectivity index (χ1v) is 9.02. The van der Waals surface area contributed by atoms with E-state index < -0.39 is 0 Å². The van der Waals surface area contributed by atoms with Gasteiger partial charge in [-0.25, -0.2) is 4.79 Å². The normalized spacial score (nSPS) is 15.6. The highest BCUT2D eigenvalue weighted by molar-refractivity contribution is 14.1. The van der Waals surface area contributed by atoms with Crippen LogP contribution in [0.4, 0.5) is 4.79 Å². The van der Waals surface area contributed by atoms with Gasteiger partial charge in [0.1, 0.15) is 0 Å². The van der Waals surface area contributed by atoms with Crippen LogP contribution in [0.15, 0.2) is 24.3 Å². The Balaban J connectivity index is 1.81. The maximum absolute atomic E-state index is 12.5. The van der Waals surface area contributed by atoms with Gasteiger partial charge in [0, 0.05) is 22.7 Å². The molecule has 0 aromatic heterocycles. The van der Waals surface area contributed by atoms with Gasteiger partial charge in [0.15, 0.2) is 0 Å². The Kier molecular flexibility index (Phi) is 6.68. The predicted octanol–water partition coefficient (Wildman–Crippen LogP) is 3.28. The SMILES string of the molecule is CC(C)COC(=O)NC1CCN(C(=O)c2ccccc2I)CC1. The highest BCUT2D eigenvalue weighted by Gasteiger charge is 2.25. The van der Waals surface area contributed by atoms with Crippen LogP contribution in [0.5, 0.6) is 0 Å². The highest BCUT2D eigenvalue weighted by atomic mass is 127. The summed E-state index contributed by atoms with van der Waals surface area (Å²) in [6, 6.07) is 7.68. The highest BCUT2D eigenvalue weighted by Crippen LogP contribution is 2.18. The van der Waals surface area contributed by atoms with Crippen molar-refractivity contribution in [1.29, 1.82) is 0 Å².